The first-order valence-corrected chi connectivity index (χ1v) is 7.56. The van der Waals surface area contributed by atoms with Gasteiger partial charge in [-0.05, 0) is 43.4 Å². The number of hydrogen-bond acceptors (Lipinski definition) is 3. The number of esters is 1. The van der Waals surface area contributed by atoms with E-state index in [0.29, 0.717) is 25.7 Å². The van der Waals surface area contributed by atoms with Crippen molar-refractivity contribution in [3.05, 3.63) is 40.5 Å². The molecule has 0 N–H and O–H groups in total. The van der Waals surface area contributed by atoms with E-state index in [-0.39, 0.29) is 11.9 Å². The van der Waals surface area contributed by atoms with Crippen LogP contribution in [-0.2, 0) is 20.9 Å². The number of ether oxygens (including phenoxy) is 2. The van der Waals surface area contributed by atoms with E-state index in [1.54, 1.807) is 6.92 Å². The zero-order chi connectivity index (χ0) is 16.0. The molecule has 117 valence electrons. The lowest BCUT2D eigenvalue weighted by Gasteiger charge is -2.20. The second-order valence-corrected chi connectivity index (χ2v) is 5.82. The Morgan fingerprint density at radius 3 is 2.19 bits per heavy atom. The summed E-state index contributed by atoms with van der Waals surface area (Å²) in [4.78, 5) is 11.4. The first kappa shape index (κ1) is 17.7. The predicted octanol–water partition coefficient (Wildman–Crippen LogP) is 4.27. The van der Waals surface area contributed by atoms with Crippen LogP contribution in [0.4, 0.5) is 0 Å². The number of benzene rings is 1. The van der Waals surface area contributed by atoms with E-state index in [0.717, 1.165) is 0 Å². The van der Waals surface area contributed by atoms with E-state index < -0.39 is 0 Å². The van der Waals surface area contributed by atoms with Gasteiger partial charge in [0.2, 0.25) is 0 Å². The van der Waals surface area contributed by atoms with Crippen molar-refractivity contribution in [2.24, 2.45) is 5.92 Å². The molecule has 21 heavy (non-hydrogen) atoms. The van der Waals surface area contributed by atoms with Crippen molar-refractivity contribution in [2.75, 3.05) is 6.61 Å². The molecule has 3 heteroatoms. The van der Waals surface area contributed by atoms with E-state index in [9.17, 15) is 4.79 Å². The molecule has 0 aromatic heterocycles. The number of hydrogen-bond donors (Lipinski definition) is 0. The molecule has 1 radical (unpaired) electrons. The normalized spacial score (nSPS) is 11.2. The van der Waals surface area contributed by atoms with Gasteiger partial charge in [-0.1, -0.05) is 38.5 Å². The monoisotopic (exact) mass is 291 g/mol. The second kappa shape index (κ2) is 8.18. The van der Waals surface area contributed by atoms with Crippen molar-refractivity contribution in [1.82, 2.24) is 0 Å². The Morgan fingerprint density at radius 2 is 1.71 bits per heavy atom. The van der Waals surface area contributed by atoms with Gasteiger partial charge in [-0.2, -0.15) is 0 Å². The van der Waals surface area contributed by atoms with Crippen LogP contribution in [0, 0.1) is 32.8 Å². The van der Waals surface area contributed by atoms with Gasteiger partial charge < -0.3 is 9.47 Å². The summed E-state index contributed by atoms with van der Waals surface area (Å²) in [6.45, 7) is 13.0. The Labute approximate surface area is 128 Å². The third-order valence-electron chi connectivity index (χ3n) is 3.51. The number of carbonyl (C=O) groups excluding carboxylic acids is 1. The number of carbonyl (C=O) groups is 1. The van der Waals surface area contributed by atoms with Crippen LogP contribution in [0.15, 0.2) is 12.1 Å². The first-order chi connectivity index (χ1) is 9.85. The molecule has 1 aromatic carbocycles. The Balaban J connectivity index is 2.60. The summed E-state index contributed by atoms with van der Waals surface area (Å²) in [6.07, 6.45) is 1.08. The molecular weight excluding hydrogens is 264 g/mol. The average molecular weight is 291 g/mol. The molecule has 0 fully saturated rings. The molecule has 0 saturated carbocycles. The Bertz CT molecular complexity index is 454. The fourth-order valence-electron chi connectivity index (χ4n) is 2.22. The third-order valence-corrected chi connectivity index (χ3v) is 3.51. The molecule has 3 nitrogen and oxygen atoms in total. The largest absolute Gasteiger partial charge is 0.452 e. The SMILES string of the molecule is CCC(=O)O[C](COCc1c(C)cc(C)cc1C)C(C)C. The molecule has 1 aromatic rings. The lowest BCUT2D eigenvalue weighted by molar-refractivity contribution is -0.145. The fourth-order valence-corrected chi connectivity index (χ4v) is 2.22. The molecule has 0 atom stereocenters. The maximum atomic E-state index is 11.4. The minimum atomic E-state index is -0.204. The minimum absolute atomic E-state index is 0.167. The standard InChI is InChI=1S/C18H27O3/c1-7-18(19)21-17(12(2)3)11-20-10-16-14(5)8-13(4)9-15(16)6/h8-9,12H,7,10-11H2,1-6H3. The van der Waals surface area contributed by atoms with E-state index in [1.165, 1.54) is 22.3 Å². The molecule has 0 saturated heterocycles. The van der Waals surface area contributed by atoms with E-state index in [4.69, 9.17) is 9.47 Å². The topological polar surface area (TPSA) is 35.5 Å². The van der Waals surface area contributed by atoms with Crippen molar-refractivity contribution in [1.29, 1.82) is 0 Å². The number of aryl methyl sites for hydroxylation is 3. The molecule has 0 spiro atoms. The van der Waals surface area contributed by atoms with Crippen LogP contribution >= 0.6 is 0 Å². The van der Waals surface area contributed by atoms with E-state index >= 15 is 0 Å². The fraction of sp³-hybridized carbons (Fsp3) is 0.556. The minimum Gasteiger partial charge on any atom is -0.452 e. The van der Waals surface area contributed by atoms with Crippen LogP contribution in [0.1, 0.15) is 49.4 Å². The molecule has 0 amide bonds. The lowest BCUT2D eigenvalue weighted by atomic mass is 10.0. The van der Waals surface area contributed by atoms with Gasteiger partial charge in [-0.15, -0.1) is 0 Å². The van der Waals surface area contributed by atoms with Crippen molar-refractivity contribution < 1.29 is 14.3 Å². The zero-order valence-electron chi connectivity index (χ0n) is 14.1. The summed E-state index contributed by atoms with van der Waals surface area (Å²) in [6, 6.07) is 4.33. The van der Waals surface area contributed by atoms with Crippen LogP contribution in [-0.4, -0.2) is 12.6 Å². The highest BCUT2D eigenvalue weighted by Crippen LogP contribution is 2.20. The molecule has 0 aliphatic carbocycles. The summed E-state index contributed by atoms with van der Waals surface area (Å²) < 4.78 is 11.1. The molecular formula is C18H27O3. The van der Waals surface area contributed by atoms with Gasteiger partial charge in [-0.3, -0.25) is 4.79 Å². The van der Waals surface area contributed by atoms with E-state index in [1.807, 2.05) is 13.8 Å². The molecule has 0 unspecified atom stereocenters. The Kier molecular flexibility index (Phi) is 6.90. The zero-order valence-corrected chi connectivity index (χ0v) is 14.1. The van der Waals surface area contributed by atoms with Crippen LogP contribution in [0.3, 0.4) is 0 Å². The Morgan fingerprint density at radius 1 is 1.14 bits per heavy atom. The first-order valence-electron chi connectivity index (χ1n) is 7.56. The van der Waals surface area contributed by atoms with Gasteiger partial charge in [0, 0.05) is 6.42 Å². The maximum absolute atomic E-state index is 11.4. The average Bonchev–Trinajstić information content (AvgIpc) is 2.39. The molecule has 0 aliphatic rings. The van der Waals surface area contributed by atoms with Gasteiger partial charge in [0.05, 0.1) is 13.2 Å². The van der Waals surface area contributed by atoms with Crippen LogP contribution < -0.4 is 0 Å². The van der Waals surface area contributed by atoms with Crippen LogP contribution in [0.2, 0.25) is 0 Å². The van der Waals surface area contributed by atoms with E-state index in [2.05, 4.69) is 32.9 Å². The third kappa shape index (κ3) is 5.50. The highest BCUT2D eigenvalue weighted by Gasteiger charge is 2.20. The van der Waals surface area contributed by atoms with Gasteiger partial charge in [-0.25, -0.2) is 0 Å². The summed E-state index contributed by atoms with van der Waals surface area (Å²) in [5.74, 6) is -0.0364. The molecule has 0 aliphatic heterocycles. The second-order valence-electron chi connectivity index (χ2n) is 5.82. The maximum Gasteiger partial charge on any atom is 0.306 e. The van der Waals surface area contributed by atoms with Crippen LogP contribution in [0.5, 0.6) is 0 Å². The Hall–Kier alpha value is -1.35. The summed E-state index contributed by atoms with van der Waals surface area (Å²) in [5.41, 5.74) is 4.96. The van der Waals surface area contributed by atoms with Crippen molar-refractivity contribution in [3.8, 4) is 0 Å². The highest BCUT2D eigenvalue weighted by molar-refractivity contribution is 5.69. The highest BCUT2D eigenvalue weighted by atomic mass is 16.6. The van der Waals surface area contributed by atoms with Crippen molar-refractivity contribution in [2.45, 2.75) is 54.6 Å². The number of rotatable bonds is 7. The molecule has 0 heterocycles. The van der Waals surface area contributed by atoms with Gasteiger partial charge in [0.1, 0.15) is 0 Å². The van der Waals surface area contributed by atoms with Crippen molar-refractivity contribution in [3.63, 3.8) is 0 Å². The lowest BCUT2D eigenvalue weighted by Crippen LogP contribution is -2.20. The smallest absolute Gasteiger partial charge is 0.306 e. The summed E-state index contributed by atoms with van der Waals surface area (Å²) >= 11 is 0. The van der Waals surface area contributed by atoms with Crippen LogP contribution in [0.25, 0.3) is 0 Å². The predicted molar refractivity (Wildman–Crippen MR) is 84.8 cm³/mol. The molecule has 0 bridgehead atoms. The van der Waals surface area contributed by atoms with Gasteiger partial charge in [0.25, 0.3) is 0 Å². The quantitative estimate of drug-likeness (QED) is 0.704. The van der Waals surface area contributed by atoms with Crippen molar-refractivity contribution >= 4 is 5.97 Å². The molecule has 1 rings (SSSR count). The summed E-state index contributed by atoms with van der Waals surface area (Å²) in [5, 5.41) is 0. The van der Waals surface area contributed by atoms with Gasteiger partial charge in [0.15, 0.2) is 6.10 Å². The van der Waals surface area contributed by atoms with Gasteiger partial charge >= 0.3 is 5.97 Å². The summed E-state index contributed by atoms with van der Waals surface area (Å²) in [7, 11) is 0.